The number of carbonyl (C=O) groups is 1. The van der Waals surface area contributed by atoms with Crippen molar-refractivity contribution < 1.29 is 9.90 Å². The highest BCUT2D eigenvalue weighted by Gasteiger charge is 2.08. The van der Waals surface area contributed by atoms with Crippen LogP contribution in [0.1, 0.15) is 33.1 Å². The van der Waals surface area contributed by atoms with E-state index in [0.717, 1.165) is 18.6 Å². The fraction of sp³-hybridized carbons (Fsp3) is 0.900. The van der Waals surface area contributed by atoms with Gasteiger partial charge in [-0.3, -0.25) is 4.79 Å². The van der Waals surface area contributed by atoms with Gasteiger partial charge in [-0.1, -0.05) is 20.3 Å². The third-order valence-electron chi connectivity index (χ3n) is 1.95. The third kappa shape index (κ3) is 7.21. The molecule has 0 aliphatic heterocycles. The lowest BCUT2D eigenvalue weighted by Crippen LogP contribution is -2.38. The molecule has 0 fully saturated rings. The summed E-state index contributed by atoms with van der Waals surface area (Å²) in [4.78, 5) is 11.3. The van der Waals surface area contributed by atoms with Crippen molar-refractivity contribution in [2.75, 3.05) is 18.1 Å². The van der Waals surface area contributed by atoms with E-state index in [1.54, 1.807) is 11.8 Å². The summed E-state index contributed by atoms with van der Waals surface area (Å²) in [6, 6.07) is -0.0747. The first-order chi connectivity index (χ1) is 6.74. The van der Waals surface area contributed by atoms with Gasteiger partial charge in [-0.15, -0.1) is 0 Å². The molecule has 14 heavy (non-hydrogen) atoms. The molecule has 0 aliphatic rings. The minimum Gasteiger partial charge on any atom is -0.394 e. The van der Waals surface area contributed by atoms with Crippen molar-refractivity contribution in [2.24, 2.45) is 0 Å². The maximum atomic E-state index is 11.3. The second kappa shape index (κ2) is 9.34. The molecule has 0 aromatic carbocycles. The largest absolute Gasteiger partial charge is 0.394 e. The maximum Gasteiger partial charge on any atom is 0.230 e. The number of rotatable bonds is 8. The molecule has 0 aromatic rings. The first-order valence-corrected chi connectivity index (χ1v) is 6.38. The van der Waals surface area contributed by atoms with Gasteiger partial charge >= 0.3 is 0 Å². The molecule has 0 saturated heterocycles. The molecule has 0 saturated carbocycles. The van der Waals surface area contributed by atoms with E-state index in [1.807, 2.05) is 6.92 Å². The van der Waals surface area contributed by atoms with Crippen LogP contribution in [0.5, 0.6) is 0 Å². The Kier molecular flexibility index (Phi) is 9.19. The lowest BCUT2D eigenvalue weighted by Gasteiger charge is -2.13. The van der Waals surface area contributed by atoms with Crippen LogP contribution in [-0.4, -0.2) is 35.2 Å². The number of amides is 1. The van der Waals surface area contributed by atoms with E-state index in [9.17, 15) is 4.79 Å². The van der Waals surface area contributed by atoms with Crippen molar-refractivity contribution in [3.8, 4) is 0 Å². The van der Waals surface area contributed by atoms with Crippen molar-refractivity contribution >= 4 is 17.7 Å². The van der Waals surface area contributed by atoms with Gasteiger partial charge in [-0.05, 0) is 18.6 Å². The van der Waals surface area contributed by atoms with Crippen molar-refractivity contribution in [2.45, 2.75) is 39.2 Å². The molecular weight excluding hydrogens is 198 g/mol. The molecule has 84 valence electrons. The van der Waals surface area contributed by atoms with Crippen LogP contribution in [0.25, 0.3) is 0 Å². The molecule has 0 rings (SSSR count). The first-order valence-electron chi connectivity index (χ1n) is 5.22. The van der Waals surface area contributed by atoms with Gasteiger partial charge in [0.05, 0.1) is 18.4 Å². The molecule has 1 unspecified atom stereocenters. The molecule has 0 spiro atoms. The molecule has 0 aliphatic carbocycles. The average molecular weight is 219 g/mol. The van der Waals surface area contributed by atoms with Crippen molar-refractivity contribution in [3.05, 3.63) is 0 Å². The number of hydrogen-bond donors (Lipinski definition) is 2. The van der Waals surface area contributed by atoms with Gasteiger partial charge in [0.1, 0.15) is 0 Å². The van der Waals surface area contributed by atoms with Crippen LogP contribution >= 0.6 is 11.8 Å². The Labute approximate surface area is 90.7 Å². The molecule has 0 heterocycles. The van der Waals surface area contributed by atoms with Gasteiger partial charge < -0.3 is 10.4 Å². The van der Waals surface area contributed by atoms with Crippen LogP contribution in [0, 0.1) is 0 Å². The molecule has 1 atom stereocenters. The fourth-order valence-electron chi connectivity index (χ4n) is 0.957. The minimum atomic E-state index is -0.0747. The molecule has 0 bridgehead atoms. The zero-order chi connectivity index (χ0) is 10.8. The van der Waals surface area contributed by atoms with Gasteiger partial charge in [0, 0.05) is 0 Å². The predicted octanol–water partition coefficient (Wildman–Crippen LogP) is 1.41. The lowest BCUT2D eigenvalue weighted by atomic mass is 10.2. The average Bonchev–Trinajstić information content (AvgIpc) is 2.21. The number of aliphatic hydroxyl groups is 1. The molecular formula is C10H21NO2S. The number of aliphatic hydroxyl groups excluding tert-OH is 1. The zero-order valence-electron chi connectivity index (χ0n) is 9.08. The number of thioether (sulfide) groups is 1. The highest BCUT2D eigenvalue weighted by Crippen LogP contribution is 2.03. The number of carbonyl (C=O) groups excluding carboxylic acids is 1. The molecule has 4 heteroatoms. The van der Waals surface area contributed by atoms with Crippen LogP contribution in [0.15, 0.2) is 0 Å². The topological polar surface area (TPSA) is 49.3 Å². The molecule has 1 amide bonds. The minimum absolute atomic E-state index is 0.0296. The lowest BCUT2D eigenvalue weighted by molar-refractivity contribution is -0.119. The van der Waals surface area contributed by atoms with E-state index in [2.05, 4.69) is 12.2 Å². The summed E-state index contributed by atoms with van der Waals surface area (Å²) in [5.74, 6) is 1.59. The Morgan fingerprint density at radius 1 is 1.50 bits per heavy atom. The quantitative estimate of drug-likeness (QED) is 0.607. The predicted molar refractivity (Wildman–Crippen MR) is 61.5 cm³/mol. The second-order valence-electron chi connectivity index (χ2n) is 3.26. The zero-order valence-corrected chi connectivity index (χ0v) is 9.90. The Morgan fingerprint density at radius 2 is 2.21 bits per heavy atom. The summed E-state index contributed by atoms with van der Waals surface area (Å²) in [5.41, 5.74) is 0. The molecule has 2 N–H and O–H groups in total. The highest BCUT2D eigenvalue weighted by molar-refractivity contribution is 7.99. The summed E-state index contributed by atoms with van der Waals surface area (Å²) in [7, 11) is 0. The van der Waals surface area contributed by atoms with Gasteiger partial charge in [0.25, 0.3) is 0 Å². The molecule has 0 aromatic heterocycles. The summed E-state index contributed by atoms with van der Waals surface area (Å²) < 4.78 is 0. The van der Waals surface area contributed by atoms with Crippen LogP contribution in [0.3, 0.4) is 0 Å². The number of unbranched alkanes of at least 4 members (excludes halogenated alkanes) is 1. The van der Waals surface area contributed by atoms with Crippen molar-refractivity contribution in [1.82, 2.24) is 5.32 Å². The van der Waals surface area contributed by atoms with Gasteiger partial charge in [-0.2, -0.15) is 11.8 Å². The number of hydrogen-bond acceptors (Lipinski definition) is 3. The Balaban J connectivity index is 3.44. The van der Waals surface area contributed by atoms with E-state index in [4.69, 9.17) is 5.11 Å². The van der Waals surface area contributed by atoms with E-state index in [-0.39, 0.29) is 18.6 Å². The summed E-state index contributed by atoms with van der Waals surface area (Å²) in [5, 5.41) is 11.6. The van der Waals surface area contributed by atoms with Crippen LogP contribution in [0.4, 0.5) is 0 Å². The SMILES string of the molecule is CCCCSCC(=O)NC(CC)CO. The van der Waals surface area contributed by atoms with Gasteiger partial charge in [0.15, 0.2) is 0 Å². The Hall–Kier alpha value is -0.220. The van der Waals surface area contributed by atoms with Gasteiger partial charge in [-0.25, -0.2) is 0 Å². The Morgan fingerprint density at radius 3 is 2.71 bits per heavy atom. The van der Waals surface area contributed by atoms with Crippen LogP contribution < -0.4 is 5.32 Å². The van der Waals surface area contributed by atoms with Crippen molar-refractivity contribution in [1.29, 1.82) is 0 Å². The van der Waals surface area contributed by atoms with E-state index in [1.165, 1.54) is 6.42 Å². The fourth-order valence-corrected chi connectivity index (χ4v) is 1.86. The molecule has 0 radical (unpaired) electrons. The van der Waals surface area contributed by atoms with E-state index < -0.39 is 0 Å². The number of nitrogens with one attached hydrogen (secondary N) is 1. The summed E-state index contributed by atoms with van der Waals surface area (Å²) in [6.07, 6.45) is 3.11. The smallest absolute Gasteiger partial charge is 0.230 e. The third-order valence-corrected chi connectivity index (χ3v) is 3.00. The van der Waals surface area contributed by atoms with Crippen LogP contribution in [0.2, 0.25) is 0 Å². The monoisotopic (exact) mass is 219 g/mol. The molecule has 3 nitrogen and oxygen atoms in total. The first kappa shape index (κ1) is 13.8. The maximum absolute atomic E-state index is 11.3. The summed E-state index contributed by atoms with van der Waals surface area (Å²) >= 11 is 1.66. The van der Waals surface area contributed by atoms with Crippen LogP contribution in [-0.2, 0) is 4.79 Å². The second-order valence-corrected chi connectivity index (χ2v) is 4.37. The highest BCUT2D eigenvalue weighted by atomic mass is 32.2. The normalized spacial score (nSPS) is 12.5. The standard InChI is InChI=1S/C10H21NO2S/c1-3-5-6-14-8-10(13)11-9(4-2)7-12/h9,12H,3-8H2,1-2H3,(H,11,13). The van der Waals surface area contributed by atoms with Gasteiger partial charge in [0.2, 0.25) is 5.91 Å². The van der Waals surface area contributed by atoms with Crippen molar-refractivity contribution in [3.63, 3.8) is 0 Å². The summed E-state index contributed by atoms with van der Waals surface area (Å²) in [6.45, 7) is 4.12. The Bertz CT molecular complexity index is 149. The van der Waals surface area contributed by atoms with E-state index in [0.29, 0.717) is 5.75 Å². The van der Waals surface area contributed by atoms with E-state index >= 15 is 0 Å².